The third-order valence-corrected chi connectivity index (χ3v) is 2.46. The minimum absolute atomic E-state index is 0.0448. The van der Waals surface area contributed by atoms with Gasteiger partial charge in [-0.05, 0) is 24.3 Å². The van der Waals surface area contributed by atoms with Crippen LogP contribution in [0.2, 0.25) is 0 Å². The van der Waals surface area contributed by atoms with E-state index in [-0.39, 0.29) is 17.9 Å². The maximum absolute atomic E-state index is 11.0. The molecule has 1 aromatic heterocycles. The van der Waals surface area contributed by atoms with Crippen molar-refractivity contribution >= 4 is 11.9 Å². The van der Waals surface area contributed by atoms with E-state index in [2.05, 4.69) is 0 Å². The molecule has 3 N–H and O–H groups in total. The lowest BCUT2D eigenvalue weighted by Crippen LogP contribution is -2.10. The van der Waals surface area contributed by atoms with Crippen LogP contribution in [0.4, 0.5) is 0 Å². The zero-order valence-corrected chi connectivity index (χ0v) is 9.83. The van der Waals surface area contributed by atoms with Gasteiger partial charge in [-0.2, -0.15) is 0 Å². The van der Waals surface area contributed by atoms with Gasteiger partial charge in [0.25, 0.3) is 0 Å². The van der Waals surface area contributed by atoms with Crippen LogP contribution in [-0.2, 0) is 6.61 Å². The monoisotopic (exact) mass is 261 g/mol. The zero-order valence-electron chi connectivity index (χ0n) is 9.83. The summed E-state index contributed by atoms with van der Waals surface area (Å²) in [6.07, 6.45) is 1.28. The Kier molecular flexibility index (Phi) is 3.51. The summed E-state index contributed by atoms with van der Waals surface area (Å²) in [4.78, 5) is 21.9. The Labute approximate surface area is 108 Å². The fraction of sp³-hybridized carbons (Fsp3) is 0.0769. The van der Waals surface area contributed by atoms with Crippen LogP contribution in [0.25, 0.3) is 0 Å². The van der Waals surface area contributed by atoms with E-state index in [1.807, 2.05) is 0 Å². The van der Waals surface area contributed by atoms with Gasteiger partial charge in [0.2, 0.25) is 5.91 Å². The molecule has 1 aromatic carbocycles. The number of aromatic carboxylic acids is 1. The van der Waals surface area contributed by atoms with Gasteiger partial charge in [-0.1, -0.05) is 6.07 Å². The molecule has 0 bridgehead atoms. The third kappa shape index (κ3) is 2.92. The predicted octanol–water partition coefficient (Wildman–Crippen LogP) is 1.66. The van der Waals surface area contributed by atoms with Gasteiger partial charge in [0.15, 0.2) is 5.76 Å². The maximum atomic E-state index is 11.0. The number of primary amides is 1. The molecular weight excluding hydrogens is 250 g/mol. The number of carboxylic acid groups (broad SMARTS) is 1. The summed E-state index contributed by atoms with van der Waals surface area (Å²) in [5.41, 5.74) is 5.51. The van der Waals surface area contributed by atoms with Crippen molar-refractivity contribution in [2.24, 2.45) is 5.73 Å². The summed E-state index contributed by atoms with van der Waals surface area (Å²) in [6.45, 7) is -0.0448. The molecule has 1 amide bonds. The van der Waals surface area contributed by atoms with Gasteiger partial charge in [0.05, 0.1) is 6.26 Å². The minimum Gasteiger partial charge on any atom is -0.486 e. The van der Waals surface area contributed by atoms with Gasteiger partial charge < -0.3 is 20.0 Å². The SMILES string of the molecule is NC(=O)c1cccc(OCc2occc2C(=O)O)c1. The van der Waals surface area contributed by atoms with E-state index in [4.69, 9.17) is 20.0 Å². The van der Waals surface area contributed by atoms with Crippen LogP contribution in [0.3, 0.4) is 0 Å². The molecule has 0 fully saturated rings. The molecule has 0 aliphatic rings. The zero-order chi connectivity index (χ0) is 13.8. The summed E-state index contributed by atoms with van der Waals surface area (Å²) < 4.78 is 10.4. The summed E-state index contributed by atoms with van der Waals surface area (Å²) >= 11 is 0. The molecule has 0 atom stereocenters. The van der Waals surface area contributed by atoms with Gasteiger partial charge in [-0.15, -0.1) is 0 Å². The molecule has 0 spiro atoms. The quantitative estimate of drug-likeness (QED) is 0.851. The molecule has 0 unspecified atom stereocenters. The Balaban J connectivity index is 2.10. The number of nitrogens with two attached hydrogens (primary N) is 1. The number of carbonyl (C=O) groups is 2. The van der Waals surface area contributed by atoms with E-state index < -0.39 is 11.9 Å². The molecule has 19 heavy (non-hydrogen) atoms. The maximum Gasteiger partial charge on any atom is 0.339 e. The predicted molar refractivity (Wildman–Crippen MR) is 65.0 cm³/mol. The fourth-order valence-corrected chi connectivity index (χ4v) is 1.53. The Hall–Kier alpha value is -2.76. The summed E-state index contributed by atoms with van der Waals surface area (Å²) in [6, 6.07) is 7.64. The first-order chi connectivity index (χ1) is 9.08. The largest absolute Gasteiger partial charge is 0.486 e. The lowest BCUT2D eigenvalue weighted by Gasteiger charge is -2.06. The van der Waals surface area contributed by atoms with E-state index in [0.717, 1.165) is 0 Å². The average molecular weight is 261 g/mol. The summed E-state index contributed by atoms with van der Waals surface area (Å²) in [7, 11) is 0. The van der Waals surface area contributed by atoms with Gasteiger partial charge in [-0.3, -0.25) is 4.79 Å². The third-order valence-electron chi connectivity index (χ3n) is 2.46. The van der Waals surface area contributed by atoms with Gasteiger partial charge in [0.1, 0.15) is 17.9 Å². The van der Waals surface area contributed by atoms with Crippen molar-refractivity contribution < 1.29 is 23.8 Å². The van der Waals surface area contributed by atoms with Crippen LogP contribution in [0.1, 0.15) is 26.5 Å². The average Bonchev–Trinajstić information content (AvgIpc) is 2.85. The summed E-state index contributed by atoms with van der Waals surface area (Å²) in [5, 5.41) is 8.89. The number of furan rings is 1. The van der Waals surface area contributed by atoms with E-state index in [1.54, 1.807) is 18.2 Å². The van der Waals surface area contributed by atoms with Crippen molar-refractivity contribution in [3.63, 3.8) is 0 Å². The number of amides is 1. The Morgan fingerprint density at radius 2 is 2.11 bits per heavy atom. The number of hydrogen-bond donors (Lipinski definition) is 2. The number of carbonyl (C=O) groups excluding carboxylic acids is 1. The fourth-order valence-electron chi connectivity index (χ4n) is 1.53. The molecule has 6 heteroatoms. The number of hydrogen-bond acceptors (Lipinski definition) is 4. The smallest absolute Gasteiger partial charge is 0.339 e. The number of rotatable bonds is 5. The molecule has 0 saturated heterocycles. The van der Waals surface area contributed by atoms with Crippen LogP contribution in [0.15, 0.2) is 41.0 Å². The number of ether oxygens (including phenoxy) is 1. The first-order valence-electron chi connectivity index (χ1n) is 5.40. The first-order valence-corrected chi connectivity index (χ1v) is 5.40. The topological polar surface area (TPSA) is 103 Å². The molecule has 2 rings (SSSR count). The van der Waals surface area contributed by atoms with E-state index >= 15 is 0 Å². The summed E-state index contributed by atoms with van der Waals surface area (Å²) in [5.74, 6) is -1.03. The highest BCUT2D eigenvalue weighted by Gasteiger charge is 2.13. The molecule has 0 aliphatic carbocycles. The Morgan fingerprint density at radius 3 is 2.79 bits per heavy atom. The molecule has 2 aromatic rings. The van der Waals surface area contributed by atoms with Crippen LogP contribution in [0.5, 0.6) is 5.75 Å². The van der Waals surface area contributed by atoms with Gasteiger partial charge in [0, 0.05) is 5.56 Å². The standard InChI is InChI=1S/C13H11NO5/c14-12(15)8-2-1-3-9(6-8)19-7-11-10(13(16)17)4-5-18-11/h1-6H,7H2,(H2,14,15)(H,16,17). The van der Waals surface area contributed by atoms with Crippen molar-refractivity contribution in [3.05, 3.63) is 53.5 Å². The molecule has 6 nitrogen and oxygen atoms in total. The Morgan fingerprint density at radius 1 is 1.32 bits per heavy atom. The van der Waals surface area contributed by atoms with Crippen molar-refractivity contribution in [1.29, 1.82) is 0 Å². The number of benzene rings is 1. The molecule has 0 aliphatic heterocycles. The van der Waals surface area contributed by atoms with Crippen LogP contribution in [0, 0.1) is 0 Å². The highest BCUT2D eigenvalue weighted by molar-refractivity contribution is 5.93. The second-order valence-corrected chi connectivity index (χ2v) is 3.74. The van der Waals surface area contributed by atoms with Crippen molar-refractivity contribution in [2.75, 3.05) is 0 Å². The van der Waals surface area contributed by atoms with Crippen LogP contribution in [-0.4, -0.2) is 17.0 Å². The van der Waals surface area contributed by atoms with Gasteiger partial charge in [-0.25, -0.2) is 4.79 Å². The first kappa shape index (κ1) is 12.7. The second kappa shape index (κ2) is 5.26. The molecular formula is C13H11NO5. The molecule has 0 radical (unpaired) electrons. The highest BCUT2D eigenvalue weighted by Crippen LogP contribution is 2.17. The Bertz CT molecular complexity index is 617. The van der Waals surface area contributed by atoms with Crippen molar-refractivity contribution in [2.45, 2.75) is 6.61 Å². The molecule has 0 saturated carbocycles. The lowest BCUT2D eigenvalue weighted by atomic mass is 10.2. The highest BCUT2D eigenvalue weighted by atomic mass is 16.5. The van der Waals surface area contributed by atoms with Crippen molar-refractivity contribution in [3.8, 4) is 5.75 Å². The van der Waals surface area contributed by atoms with Crippen molar-refractivity contribution in [1.82, 2.24) is 0 Å². The molecule has 1 heterocycles. The minimum atomic E-state index is -1.08. The van der Waals surface area contributed by atoms with Crippen LogP contribution < -0.4 is 10.5 Å². The van der Waals surface area contributed by atoms with E-state index in [0.29, 0.717) is 11.3 Å². The second-order valence-electron chi connectivity index (χ2n) is 3.74. The van der Waals surface area contributed by atoms with E-state index in [9.17, 15) is 9.59 Å². The van der Waals surface area contributed by atoms with Gasteiger partial charge >= 0.3 is 5.97 Å². The normalized spacial score (nSPS) is 10.1. The van der Waals surface area contributed by atoms with E-state index in [1.165, 1.54) is 18.4 Å². The molecule has 98 valence electrons. The van der Waals surface area contributed by atoms with Crippen LogP contribution >= 0.6 is 0 Å². The number of carboxylic acids is 1. The lowest BCUT2D eigenvalue weighted by molar-refractivity contribution is 0.0691.